The number of halogens is 1. The third kappa shape index (κ3) is 8.64. The number of H-pyrrole nitrogens is 2. The Balaban J connectivity index is 0.000000168. The minimum absolute atomic E-state index is 0.0488. The van der Waals surface area contributed by atoms with E-state index >= 15 is 0 Å². The molecular formula is C42H56BIN4O8. The van der Waals surface area contributed by atoms with Crippen LogP contribution in [0.3, 0.4) is 0 Å². The lowest BCUT2D eigenvalue weighted by molar-refractivity contribution is -0.0540. The first-order valence-electron chi connectivity index (χ1n) is 18.8. The predicted octanol–water partition coefficient (Wildman–Crippen LogP) is 7.08. The van der Waals surface area contributed by atoms with E-state index in [-0.39, 0.29) is 22.8 Å². The van der Waals surface area contributed by atoms with Gasteiger partial charge in [-0.2, -0.15) is 0 Å². The van der Waals surface area contributed by atoms with Gasteiger partial charge in [-0.25, -0.2) is 19.6 Å². The van der Waals surface area contributed by atoms with Gasteiger partial charge < -0.3 is 38.2 Å². The van der Waals surface area contributed by atoms with Crippen molar-refractivity contribution in [2.45, 2.75) is 105 Å². The van der Waals surface area contributed by atoms with Crippen molar-refractivity contribution >= 4 is 47.1 Å². The van der Waals surface area contributed by atoms with Crippen LogP contribution in [0.1, 0.15) is 108 Å². The van der Waals surface area contributed by atoms with E-state index in [1.54, 1.807) is 0 Å². The Morgan fingerprint density at radius 1 is 0.661 bits per heavy atom. The lowest BCUT2D eigenvalue weighted by Crippen LogP contribution is -2.44. The predicted molar refractivity (Wildman–Crippen MR) is 225 cm³/mol. The number of benzene rings is 2. The maximum absolute atomic E-state index is 12.0. The molecule has 14 heteroatoms. The van der Waals surface area contributed by atoms with Gasteiger partial charge in [-0.3, -0.25) is 0 Å². The third-order valence-electron chi connectivity index (χ3n) is 11.3. The number of imidazole rings is 2. The Morgan fingerprint density at radius 2 is 1.11 bits per heavy atom. The van der Waals surface area contributed by atoms with E-state index in [1.807, 2.05) is 93.5 Å². The highest BCUT2D eigenvalue weighted by Crippen LogP contribution is 2.37. The number of hydrogen-bond acceptors (Lipinski definition) is 10. The third-order valence-corrected chi connectivity index (χ3v) is 12.3. The van der Waals surface area contributed by atoms with Crippen molar-refractivity contribution in [3.8, 4) is 11.3 Å². The first kappa shape index (κ1) is 43.6. The monoisotopic (exact) mass is 882 g/mol. The van der Waals surface area contributed by atoms with Crippen LogP contribution in [0.25, 0.3) is 11.3 Å². The zero-order chi connectivity index (χ0) is 41.5. The topological polar surface area (TPSA) is 147 Å². The summed E-state index contributed by atoms with van der Waals surface area (Å²) in [5.74, 6) is 1.34. The minimum atomic E-state index is -0.473. The molecule has 0 atom stereocenters. The summed E-state index contributed by atoms with van der Waals surface area (Å²) in [6.45, 7) is 27.2. The number of ether oxygens (including phenoxy) is 4. The number of nitrogens with one attached hydrogen (secondary N) is 2. The maximum Gasteiger partial charge on any atom is 0.495 e. The summed E-state index contributed by atoms with van der Waals surface area (Å²) < 4.78 is 33.4. The van der Waals surface area contributed by atoms with Crippen LogP contribution in [0, 0.1) is 45.2 Å². The lowest BCUT2D eigenvalue weighted by atomic mass is 9.75. The quantitative estimate of drug-likeness (QED) is 0.117. The van der Waals surface area contributed by atoms with Crippen LogP contribution in [0.15, 0.2) is 24.3 Å². The molecule has 3 fully saturated rings. The summed E-state index contributed by atoms with van der Waals surface area (Å²) in [5, 5.41) is 0. The van der Waals surface area contributed by atoms with Crippen molar-refractivity contribution in [3.63, 3.8) is 0 Å². The number of aryl methyl sites for hydroxylation is 6. The molecule has 12 nitrogen and oxygen atoms in total. The van der Waals surface area contributed by atoms with Crippen LogP contribution >= 0.6 is 22.6 Å². The van der Waals surface area contributed by atoms with Gasteiger partial charge in [0.15, 0.2) is 0 Å². The molecule has 0 aliphatic carbocycles. The Bertz CT molecular complexity index is 2080. The van der Waals surface area contributed by atoms with Crippen molar-refractivity contribution < 1.29 is 37.8 Å². The second kappa shape index (κ2) is 16.4. The van der Waals surface area contributed by atoms with Gasteiger partial charge in [0.05, 0.1) is 79.5 Å². The summed E-state index contributed by atoms with van der Waals surface area (Å²) >= 11 is 2.24. The molecule has 0 radical (unpaired) electrons. The molecule has 3 aliphatic rings. The van der Waals surface area contributed by atoms with Crippen LogP contribution in [-0.4, -0.2) is 90.8 Å². The van der Waals surface area contributed by atoms with E-state index in [0.29, 0.717) is 24.3 Å². The number of nitrogens with zero attached hydrogens (tertiary/aromatic N) is 2. The van der Waals surface area contributed by atoms with E-state index in [1.165, 1.54) is 14.2 Å². The van der Waals surface area contributed by atoms with Crippen molar-refractivity contribution in [2.75, 3.05) is 40.6 Å². The second-order valence-corrected chi connectivity index (χ2v) is 17.8. The van der Waals surface area contributed by atoms with Gasteiger partial charge in [-0.1, -0.05) is 17.7 Å². The van der Waals surface area contributed by atoms with Crippen LogP contribution in [-0.2, 0) is 39.1 Å². The van der Waals surface area contributed by atoms with Gasteiger partial charge >= 0.3 is 19.1 Å². The van der Waals surface area contributed by atoms with Crippen molar-refractivity contribution in [3.05, 3.63) is 84.4 Å². The molecule has 0 unspecified atom stereocenters. The molecule has 7 rings (SSSR count). The van der Waals surface area contributed by atoms with E-state index in [4.69, 9.17) is 33.2 Å². The number of carbonyl (C=O) groups is 2. The summed E-state index contributed by atoms with van der Waals surface area (Å²) in [4.78, 5) is 39.8. The molecule has 0 saturated carbocycles. The van der Waals surface area contributed by atoms with Gasteiger partial charge in [0.2, 0.25) is 0 Å². The molecule has 0 bridgehead atoms. The molecule has 0 amide bonds. The zero-order valence-electron chi connectivity index (χ0n) is 35.3. The van der Waals surface area contributed by atoms with E-state index in [9.17, 15) is 9.59 Å². The molecule has 302 valence electrons. The fraction of sp³-hybridized carbons (Fsp3) is 0.524. The molecule has 2 aromatic heterocycles. The first-order chi connectivity index (χ1) is 26.1. The van der Waals surface area contributed by atoms with Crippen molar-refractivity contribution in [1.29, 1.82) is 0 Å². The summed E-state index contributed by atoms with van der Waals surface area (Å²) in [6.07, 6.45) is 0. The van der Waals surface area contributed by atoms with E-state index in [0.717, 1.165) is 78.9 Å². The van der Waals surface area contributed by atoms with Crippen LogP contribution in [0.4, 0.5) is 0 Å². The van der Waals surface area contributed by atoms with E-state index in [2.05, 4.69) is 51.4 Å². The van der Waals surface area contributed by atoms with Crippen LogP contribution in [0.5, 0.6) is 0 Å². The van der Waals surface area contributed by atoms with Gasteiger partial charge in [-0.05, 0) is 140 Å². The molecule has 56 heavy (non-hydrogen) atoms. The number of rotatable bonds is 6. The molecule has 2 aromatic carbocycles. The molecule has 3 saturated heterocycles. The number of carbonyl (C=O) groups excluding carboxylic acids is 2. The van der Waals surface area contributed by atoms with Gasteiger partial charge in [-0.15, -0.1) is 0 Å². The number of methoxy groups -OCH3 is 2. The maximum atomic E-state index is 12.0. The Labute approximate surface area is 344 Å². The Morgan fingerprint density at radius 3 is 1.54 bits per heavy atom. The zero-order valence-corrected chi connectivity index (χ0v) is 37.4. The van der Waals surface area contributed by atoms with Crippen LogP contribution in [0.2, 0.25) is 0 Å². The number of esters is 2. The second-order valence-electron chi connectivity index (χ2n) is 16.7. The lowest BCUT2D eigenvalue weighted by Gasteiger charge is -2.36. The highest BCUT2D eigenvalue weighted by atomic mass is 127. The highest BCUT2D eigenvalue weighted by Gasteiger charge is 2.52. The van der Waals surface area contributed by atoms with Crippen molar-refractivity contribution in [2.24, 2.45) is 0 Å². The summed E-state index contributed by atoms with van der Waals surface area (Å²) in [5.41, 5.74) is 9.20. The minimum Gasteiger partial charge on any atom is -0.465 e. The van der Waals surface area contributed by atoms with Gasteiger partial charge in [0, 0.05) is 17.0 Å². The van der Waals surface area contributed by atoms with E-state index < -0.39 is 18.3 Å². The molecular weight excluding hydrogens is 826 g/mol. The largest absolute Gasteiger partial charge is 0.495 e. The fourth-order valence-electron chi connectivity index (χ4n) is 6.68. The Kier molecular flexibility index (Phi) is 12.7. The molecule has 2 N–H and O–H groups in total. The molecule has 0 spiro atoms. The average Bonchev–Trinajstić information content (AvgIpc) is 3.72. The van der Waals surface area contributed by atoms with Crippen LogP contribution < -0.4 is 5.46 Å². The number of hydrogen-bond donors (Lipinski definition) is 2. The standard InChI is InChI=1S/C18H22N2O3.C16H23BO4.C8H11IN2O/c1-10-6-11(2)14(16(21)22-5)7-13(10)15-12(3)19-17(20-15)18(4)8-23-9-18;1-10-8-11(2)13(9-12(10)14(18)19-7)17-20-15(3,4)16(5,6)21-17;1-5-6(9)11-7(10-5)8(2)3-12-4-8/h6-7H,8-9H2,1-5H3,(H,19,20);8-9H,1-7H3;3-4H2,1-2H3,(H,10,11). The molecule has 5 heterocycles. The average molecular weight is 883 g/mol. The van der Waals surface area contributed by atoms with Gasteiger partial charge in [0.1, 0.15) is 15.3 Å². The highest BCUT2D eigenvalue weighted by molar-refractivity contribution is 14.1. The number of aromatic amines is 2. The number of aromatic nitrogens is 4. The Hall–Kier alpha value is -3.57. The molecule has 4 aromatic rings. The molecule has 3 aliphatic heterocycles. The normalized spacial score (nSPS) is 18.4. The fourth-order valence-corrected chi connectivity index (χ4v) is 7.06. The summed E-state index contributed by atoms with van der Waals surface area (Å²) in [6, 6.07) is 7.66. The van der Waals surface area contributed by atoms with Crippen molar-refractivity contribution in [1.82, 2.24) is 19.9 Å². The smallest absolute Gasteiger partial charge is 0.465 e. The van der Waals surface area contributed by atoms with Gasteiger partial charge in [0.25, 0.3) is 0 Å². The summed E-state index contributed by atoms with van der Waals surface area (Å²) in [7, 11) is 2.31. The first-order valence-corrected chi connectivity index (χ1v) is 19.8. The SMILES string of the molecule is COC(=O)c1cc(-c2nc(C3(C)COC3)[nH]c2C)c(C)cc1C.COC(=O)c1cc(B2OC(C)(C)C(C)(C)O2)c(C)cc1C.Cc1[nH]c(C2(C)COC2)nc1I.